The van der Waals surface area contributed by atoms with Gasteiger partial charge in [0.05, 0.1) is 12.7 Å². The van der Waals surface area contributed by atoms with Crippen molar-refractivity contribution in [3.63, 3.8) is 0 Å². The number of likely N-dealkylation sites (N-methyl/N-ethyl adjacent to an activating group) is 1. The minimum absolute atomic E-state index is 0.433. The largest absolute Gasteiger partial charge is 0.492 e. The summed E-state index contributed by atoms with van der Waals surface area (Å²) in [5.41, 5.74) is -0.156. The number of hydrogen-bond acceptors (Lipinski definition) is 2. The normalized spacial score (nSPS) is 10.6. The van der Waals surface area contributed by atoms with Crippen molar-refractivity contribution < 1.29 is 22.3 Å². The molecule has 0 aliphatic carbocycles. The molecule has 6 heteroatoms. The summed E-state index contributed by atoms with van der Waals surface area (Å²) in [4.78, 5) is 0. The molecule has 0 atom stereocenters. The van der Waals surface area contributed by atoms with Crippen molar-refractivity contribution in [3.05, 3.63) is 29.3 Å². The highest BCUT2D eigenvalue weighted by Crippen LogP contribution is 2.32. The van der Waals surface area contributed by atoms with Crippen LogP contribution in [0.3, 0.4) is 0 Å². The zero-order valence-corrected chi connectivity index (χ0v) is 10.6. The van der Waals surface area contributed by atoms with Crippen LogP contribution in [-0.4, -0.2) is 27.4 Å². The molecule has 0 aliphatic rings. The van der Waals surface area contributed by atoms with E-state index in [-0.39, 0.29) is 0 Å². The van der Waals surface area contributed by atoms with Crippen LogP contribution in [0.25, 0.3) is 0 Å². The van der Waals surface area contributed by atoms with Crippen molar-refractivity contribution in [2.75, 3.05) is 27.4 Å². The summed E-state index contributed by atoms with van der Waals surface area (Å²) in [5, 5.41) is 2.89. The lowest BCUT2D eigenvalue weighted by molar-refractivity contribution is -0.137. The van der Waals surface area contributed by atoms with Gasteiger partial charge in [0, 0.05) is 6.54 Å². The molecule has 0 bridgehead atoms. The van der Waals surface area contributed by atoms with Gasteiger partial charge in [0.15, 0.2) is 0 Å². The fourth-order valence-electron chi connectivity index (χ4n) is 1.25. The van der Waals surface area contributed by atoms with Crippen molar-refractivity contribution in [2.45, 2.75) is 13.1 Å². The topological polar surface area (TPSA) is 21.3 Å². The summed E-state index contributed by atoms with van der Waals surface area (Å²) < 4.78 is 51.9. The van der Waals surface area contributed by atoms with E-state index in [2.05, 4.69) is 5.32 Å². The van der Waals surface area contributed by atoms with E-state index in [9.17, 15) is 17.6 Å². The van der Waals surface area contributed by atoms with Crippen molar-refractivity contribution in [3.8, 4) is 5.75 Å². The molecule has 0 radical (unpaired) electrons. The van der Waals surface area contributed by atoms with E-state index in [1.165, 1.54) is 6.07 Å². The summed E-state index contributed by atoms with van der Waals surface area (Å²) in [6, 6.07) is 3.48. The molecular formula is C12H17F4NO. The van der Waals surface area contributed by atoms with Gasteiger partial charge in [0.25, 0.3) is 0 Å². The lowest BCUT2D eigenvalue weighted by Crippen LogP contribution is -2.16. The molecule has 0 aromatic heterocycles. The van der Waals surface area contributed by atoms with Crippen LogP contribution in [0.2, 0.25) is 0 Å². The maximum absolute atomic E-state index is 12.4. The SMILES string of the molecule is CF.CNCCOc1ccc(C(F)(F)F)cc1C. The van der Waals surface area contributed by atoms with Gasteiger partial charge in [-0.05, 0) is 37.7 Å². The molecule has 0 saturated heterocycles. The number of halogens is 4. The third-order valence-electron chi connectivity index (χ3n) is 2.11. The molecular weight excluding hydrogens is 250 g/mol. The van der Waals surface area contributed by atoms with Gasteiger partial charge in [-0.15, -0.1) is 0 Å². The van der Waals surface area contributed by atoms with Crippen LogP contribution in [0.5, 0.6) is 5.75 Å². The minimum Gasteiger partial charge on any atom is -0.492 e. The van der Waals surface area contributed by atoms with E-state index in [0.717, 1.165) is 12.1 Å². The molecule has 1 N–H and O–H groups in total. The van der Waals surface area contributed by atoms with Crippen LogP contribution in [0, 0.1) is 6.92 Å². The quantitative estimate of drug-likeness (QED) is 0.668. The van der Waals surface area contributed by atoms with Gasteiger partial charge >= 0.3 is 6.18 Å². The number of hydrogen-bond donors (Lipinski definition) is 1. The lowest BCUT2D eigenvalue weighted by Gasteiger charge is -2.12. The van der Waals surface area contributed by atoms with Crippen LogP contribution < -0.4 is 10.1 Å². The Morgan fingerprint density at radius 3 is 2.28 bits per heavy atom. The fraction of sp³-hybridized carbons (Fsp3) is 0.500. The standard InChI is InChI=1S/C11H14F3NO.CH3F/c1-8-7-9(11(12,13)14)3-4-10(8)16-6-5-15-2;1-2/h3-4,7,15H,5-6H2,1-2H3;1H3. The summed E-state index contributed by atoms with van der Waals surface area (Å²) in [7, 11) is 2.28. The van der Waals surface area contributed by atoms with Gasteiger partial charge in [0.2, 0.25) is 0 Å². The highest BCUT2D eigenvalue weighted by Gasteiger charge is 2.30. The van der Waals surface area contributed by atoms with Crippen LogP contribution in [0.4, 0.5) is 17.6 Å². The second-order valence-electron chi connectivity index (χ2n) is 3.43. The summed E-state index contributed by atoms with van der Waals surface area (Å²) in [6.45, 7) is 2.69. The Balaban J connectivity index is 0.00000137. The summed E-state index contributed by atoms with van der Waals surface area (Å²) in [6.07, 6.45) is -4.30. The molecule has 0 fully saturated rings. The summed E-state index contributed by atoms with van der Waals surface area (Å²) in [5.74, 6) is 0.489. The Morgan fingerprint density at radius 1 is 1.22 bits per heavy atom. The molecule has 0 amide bonds. The fourth-order valence-corrected chi connectivity index (χ4v) is 1.25. The number of rotatable bonds is 4. The number of ether oxygens (including phenoxy) is 1. The van der Waals surface area contributed by atoms with Crippen LogP contribution in [0.1, 0.15) is 11.1 Å². The number of alkyl halides is 4. The van der Waals surface area contributed by atoms with Gasteiger partial charge in [-0.2, -0.15) is 13.2 Å². The van der Waals surface area contributed by atoms with Crippen LogP contribution >= 0.6 is 0 Å². The minimum atomic E-state index is -4.30. The van der Waals surface area contributed by atoms with Gasteiger partial charge in [-0.3, -0.25) is 4.39 Å². The number of nitrogens with one attached hydrogen (secondary N) is 1. The maximum Gasteiger partial charge on any atom is 0.416 e. The lowest BCUT2D eigenvalue weighted by atomic mass is 10.1. The van der Waals surface area contributed by atoms with E-state index in [4.69, 9.17) is 4.74 Å². The maximum atomic E-state index is 12.4. The molecule has 0 heterocycles. The average molecular weight is 267 g/mol. The van der Waals surface area contributed by atoms with E-state index in [1.54, 1.807) is 14.0 Å². The van der Waals surface area contributed by atoms with Crippen molar-refractivity contribution in [1.29, 1.82) is 0 Å². The number of benzene rings is 1. The number of aryl methyl sites for hydroxylation is 1. The molecule has 1 rings (SSSR count). The molecule has 18 heavy (non-hydrogen) atoms. The monoisotopic (exact) mass is 267 g/mol. The zero-order chi connectivity index (χ0) is 14.2. The molecule has 0 spiro atoms. The third kappa shape index (κ3) is 5.35. The Labute approximate surface area is 104 Å². The molecule has 0 unspecified atom stereocenters. The van der Waals surface area contributed by atoms with E-state index in [1.807, 2.05) is 0 Å². The molecule has 0 saturated carbocycles. The first-order valence-electron chi connectivity index (χ1n) is 5.28. The molecule has 1 aromatic rings. The molecule has 1 aromatic carbocycles. The smallest absolute Gasteiger partial charge is 0.416 e. The van der Waals surface area contributed by atoms with E-state index in [0.29, 0.717) is 31.6 Å². The zero-order valence-electron chi connectivity index (χ0n) is 10.6. The van der Waals surface area contributed by atoms with E-state index >= 15 is 0 Å². The Hall–Kier alpha value is -1.30. The van der Waals surface area contributed by atoms with Crippen LogP contribution in [0.15, 0.2) is 18.2 Å². The second kappa shape index (κ2) is 7.92. The van der Waals surface area contributed by atoms with Gasteiger partial charge in [0.1, 0.15) is 12.4 Å². The Bertz CT molecular complexity index is 352. The Kier molecular flexibility index (Phi) is 7.35. The van der Waals surface area contributed by atoms with E-state index < -0.39 is 11.7 Å². The first-order valence-corrected chi connectivity index (χ1v) is 5.28. The first-order chi connectivity index (χ1) is 8.45. The third-order valence-corrected chi connectivity index (χ3v) is 2.11. The van der Waals surface area contributed by atoms with Gasteiger partial charge < -0.3 is 10.1 Å². The molecule has 2 nitrogen and oxygen atoms in total. The summed E-state index contributed by atoms with van der Waals surface area (Å²) >= 11 is 0. The van der Waals surface area contributed by atoms with Gasteiger partial charge in [-0.1, -0.05) is 0 Å². The van der Waals surface area contributed by atoms with Crippen LogP contribution in [-0.2, 0) is 6.18 Å². The average Bonchev–Trinajstić information content (AvgIpc) is 2.33. The molecule has 0 aliphatic heterocycles. The Morgan fingerprint density at radius 2 is 1.83 bits per heavy atom. The highest BCUT2D eigenvalue weighted by molar-refractivity contribution is 5.37. The van der Waals surface area contributed by atoms with Gasteiger partial charge in [-0.25, -0.2) is 0 Å². The first kappa shape index (κ1) is 16.7. The van der Waals surface area contributed by atoms with Crippen molar-refractivity contribution >= 4 is 0 Å². The second-order valence-corrected chi connectivity index (χ2v) is 3.43. The van der Waals surface area contributed by atoms with Crippen molar-refractivity contribution in [2.24, 2.45) is 0 Å². The predicted molar refractivity (Wildman–Crippen MR) is 62.6 cm³/mol. The predicted octanol–water partition coefficient (Wildman–Crippen LogP) is 3.20. The highest BCUT2D eigenvalue weighted by atomic mass is 19.4. The molecule has 104 valence electrons. The van der Waals surface area contributed by atoms with Crippen molar-refractivity contribution in [1.82, 2.24) is 5.32 Å².